The van der Waals surface area contributed by atoms with Crippen LogP contribution >= 0.6 is 0 Å². The summed E-state index contributed by atoms with van der Waals surface area (Å²) in [6.45, 7) is 6.63. The smallest absolute Gasteiger partial charge is 0.105 e. The van der Waals surface area contributed by atoms with Crippen molar-refractivity contribution in [2.24, 2.45) is 0 Å². The van der Waals surface area contributed by atoms with Gasteiger partial charge in [-0.1, -0.05) is 30.3 Å². The Morgan fingerprint density at radius 2 is 2.05 bits per heavy atom. The van der Waals surface area contributed by atoms with E-state index in [2.05, 4.69) is 53.5 Å². The van der Waals surface area contributed by atoms with Crippen LogP contribution < -0.4 is 5.32 Å². The summed E-state index contributed by atoms with van der Waals surface area (Å²) in [5, 5.41) is 3.73. The predicted octanol–water partition coefficient (Wildman–Crippen LogP) is 3.03. The Bertz CT molecular complexity index is 538. The predicted molar refractivity (Wildman–Crippen MR) is 85.3 cm³/mol. The minimum absolute atomic E-state index is 0.0287. The van der Waals surface area contributed by atoms with Crippen LogP contribution in [-0.2, 0) is 12.0 Å². The van der Waals surface area contributed by atoms with E-state index in [-0.39, 0.29) is 5.54 Å². The number of rotatable bonds is 4. The molecule has 1 aliphatic rings. The van der Waals surface area contributed by atoms with E-state index < -0.39 is 0 Å². The zero-order valence-electron chi connectivity index (χ0n) is 12.7. The van der Waals surface area contributed by atoms with E-state index in [0.717, 1.165) is 38.4 Å². The number of furan rings is 1. The number of benzene rings is 1. The van der Waals surface area contributed by atoms with Gasteiger partial charge in [-0.15, -0.1) is 0 Å². The van der Waals surface area contributed by atoms with E-state index in [1.54, 1.807) is 6.26 Å². The lowest BCUT2D eigenvalue weighted by Crippen LogP contribution is -2.46. The fraction of sp³-hybridized carbons (Fsp3) is 0.444. The van der Waals surface area contributed by atoms with Crippen LogP contribution in [0.25, 0.3) is 0 Å². The van der Waals surface area contributed by atoms with Crippen molar-refractivity contribution in [2.45, 2.75) is 25.3 Å². The third kappa shape index (κ3) is 3.55. The van der Waals surface area contributed by atoms with Gasteiger partial charge in [-0.25, -0.2) is 0 Å². The molecular formula is C18H24N2O. The highest BCUT2D eigenvalue weighted by molar-refractivity contribution is 5.24. The van der Waals surface area contributed by atoms with Crippen molar-refractivity contribution in [2.75, 3.05) is 26.2 Å². The van der Waals surface area contributed by atoms with Crippen LogP contribution in [0.15, 0.2) is 53.1 Å². The summed E-state index contributed by atoms with van der Waals surface area (Å²) in [4.78, 5) is 2.55. The van der Waals surface area contributed by atoms with Gasteiger partial charge in [0.2, 0.25) is 0 Å². The van der Waals surface area contributed by atoms with Crippen LogP contribution in [0.1, 0.15) is 24.7 Å². The van der Waals surface area contributed by atoms with Crippen molar-refractivity contribution in [1.29, 1.82) is 0 Å². The molecule has 0 aliphatic carbocycles. The molecule has 21 heavy (non-hydrogen) atoms. The molecule has 1 fully saturated rings. The summed E-state index contributed by atoms with van der Waals surface area (Å²) in [7, 11) is 0. The van der Waals surface area contributed by atoms with Crippen LogP contribution in [0, 0.1) is 0 Å². The van der Waals surface area contributed by atoms with E-state index in [1.807, 2.05) is 6.07 Å². The largest absolute Gasteiger partial charge is 0.469 e. The summed E-state index contributed by atoms with van der Waals surface area (Å²) in [6, 6.07) is 14.8. The highest BCUT2D eigenvalue weighted by Gasteiger charge is 2.30. The van der Waals surface area contributed by atoms with E-state index in [4.69, 9.17) is 4.42 Å². The van der Waals surface area contributed by atoms with Crippen molar-refractivity contribution in [3.8, 4) is 0 Å². The zero-order valence-corrected chi connectivity index (χ0v) is 12.7. The molecule has 3 rings (SSSR count). The molecule has 2 heterocycles. The summed E-state index contributed by atoms with van der Waals surface area (Å²) in [6.07, 6.45) is 3.94. The van der Waals surface area contributed by atoms with Gasteiger partial charge in [-0.3, -0.25) is 0 Å². The molecule has 1 unspecified atom stereocenters. The number of nitrogens with zero attached hydrogens (tertiary/aromatic N) is 1. The van der Waals surface area contributed by atoms with E-state index in [0.29, 0.717) is 0 Å². The first-order chi connectivity index (χ1) is 10.3. The molecule has 3 nitrogen and oxygen atoms in total. The van der Waals surface area contributed by atoms with Gasteiger partial charge in [0.1, 0.15) is 5.76 Å². The zero-order chi connectivity index (χ0) is 14.5. The van der Waals surface area contributed by atoms with Gasteiger partial charge in [0.25, 0.3) is 0 Å². The Kier molecular flexibility index (Phi) is 4.42. The van der Waals surface area contributed by atoms with Crippen molar-refractivity contribution < 1.29 is 4.42 Å². The monoisotopic (exact) mass is 284 g/mol. The van der Waals surface area contributed by atoms with Crippen LogP contribution in [0.5, 0.6) is 0 Å². The summed E-state index contributed by atoms with van der Waals surface area (Å²) in [5.41, 5.74) is 1.40. The number of hydrogen-bond acceptors (Lipinski definition) is 3. The maximum Gasteiger partial charge on any atom is 0.105 e. The maximum atomic E-state index is 5.45. The molecule has 1 aromatic heterocycles. The average Bonchev–Trinajstić information content (AvgIpc) is 2.96. The molecule has 3 heteroatoms. The average molecular weight is 284 g/mol. The summed E-state index contributed by atoms with van der Waals surface area (Å²) < 4.78 is 5.45. The van der Waals surface area contributed by atoms with Crippen LogP contribution in [0.3, 0.4) is 0 Å². The quantitative estimate of drug-likeness (QED) is 0.935. The molecule has 1 atom stereocenters. The third-order valence-corrected chi connectivity index (χ3v) is 4.37. The lowest BCUT2D eigenvalue weighted by molar-refractivity contribution is 0.219. The van der Waals surface area contributed by atoms with Crippen molar-refractivity contribution in [3.05, 3.63) is 60.1 Å². The number of nitrogens with one attached hydrogen (secondary N) is 1. The fourth-order valence-electron chi connectivity index (χ4n) is 3.16. The standard InChI is InChI=1S/C18H24N2O/c1-18(16-7-3-2-4-8-16)15-20(12-6-11-19-18)13-10-17-9-5-14-21-17/h2-5,7-9,14,19H,6,10-13,15H2,1H3. The second-order valence-corrected chi connectivity index (χ2v) is 6.08. The highest BCUT2D eigenvalue weighted by Crippen LogP contribution is 2.24. The van der Waals surface area contributed by atoms with Gasteiger partial charge < -0.3 is 14.6 Å². The molecule has 112 valence electrons. The molecule has 2 aromatic rings. The molecule has 0 saturated carbocycles. The molecule has 1 N–H and O–H groups in total. The van der Waals surface area contributed by atoms with Crippen LogP contribution in [0.4, 0.5) is 0 Å². The highest BCUT2D eigenvalue weighted by atomic mass is 16.3. The Balaban J connectivity index is 1.68. The molecule has 1 aliphatic heterocycles. The second kappa shape index (κ2) is 6.46. The van der Waals surface area contributed by atoms with Crippen molar-refractivity contribution in [3.63, 3.8) is 0 Å². The lowest BCUT2D eigenvalue weighted by Gasteiger charge is -2.34. The van der Waals surface area contributed by atoms with Gasteiger partial charge in [0.15, 0.2) is 0 Å². The van der Waals surface area contributed by atoms with Crippen molar-refractivity contribution >= 4 is 0 Å². The molecule has 0 bridgehead atoms. The van der Waals surface area contributed by atoms with Crippen molar-refractivity contribution in [1.82, 2.24) is 10.2 Å². The normalized spacial score (nSPS) is 23.9. The molecule has 0 amide bonds. The minimum atomic E-state index is 0.0287. The van der Waals surface area contributed by atoms with E-state index in [1.165, 1.54) is 12.0 Å². The molecule has 0 spiro atoms. The SMILES string of the molecule is CC1(c2ccccc2)CN(CCc2ccco2)CCCN1. The molecule has 0 radical (unpaired) electrons. The van der Waals surface area contributed by atoms with E-state index in [9.17, 15) is 0 Å². The lowest BCUT2D eigenvalue weighted by atomic mass is 9.91. The molecule has 1 aromatic carbocycles. The Labute approximate surface area is 127 Å². The summed E-state index contributed by atoms with van der Waals surface area (Å²) in [5.74, 6) is 1.08. The third-order valence-electron chi connectivity index (χ3n) is 4.37. The van der Waals surface area contributed by atoms with Gasteiger partial charge in [0, 0.05) is 19.5 Å². The first-order valence-electron chi connectivity index (χ1n) is 7.82. The Morgan fingerprint density at radius 1 is 1.19 bits per heavy atom. The topological polar surface area (TPSA) is 28.4 Å². The van der Waals surface area contributed by atoms with Gasteiger partial charge in [-0.2, -0.15) is 0 Å². The number of hydrogen-bond donors (Lipinski definition) is 1. The Morgan fingerprint density at radius 3 is 2.81 bits per heavy atom. The summed E-state index contributed by atoms with van der Waals surface area (Å²) >= 11 is 0. The Hall–Kier alpha value is -1.58. The first kappa shape index (κ1) is 14.4. The van der Waals surface area contributed by atoms with Gasteiger partial charge >= 0.3 is 0 Å². The second-order valence-electron chi connectivity index (χ2n) is 6.08. The van der Waals surface area contributed by atoms with E-state index >= 15 is 0 Å². The van der Waals surface area contributed by atoms with Gasteiger partial charge in [-0.05, 0) is 44.1 Å². The van der Waals surface area contributed by atoms with Crippen LogP contribution in [0.2, 0.25) is 0 Å². The fourth-order valence-corrected chi connectivity index (χ4v) is 3.16. The first-order valence-corrected chi connectivity index (χ1v) is 7.82. The minimum Gasteiger partial charge on any atom is -0.469 e. The van der Waals surface area contributed by atoms with Crippen LogP contribution in [-0.4, -0.2) is 31.1 Å². The maximum absolute atomic E-state index is 5.45. The van der Waals surface area contributed by atoms with Gasteiger partial charge in [0.05, 0.1) is 11.8 Å². The molecule has 1 saturated heterocycles. The molecular weight excluding hydrogens is 260 g/mol.